The van der Waals surface area contributed by atoms with Crippen molar-refractivity contribution in [2.45, 2.75) is 39.5 Å². The number of imide groups is 2. The van der Waals surface area contributed by atoms with Crippen LogP contribution in [0.5, 0.6) is 0 Å². The number of fused-ring (bicyclic) bond motifs is 2. The first kappa shape index (κ1) is 29.1. The van der Waals surface area contributed by atoms with Crippen molar-refractivity contribution in [3.8, 4) is 0 Å². The lowest BCUT2D eigenvalue weighted by molar-refractivity contribution is 0.0877. The molecule has 0 saturated heterocycles. The molecule has 4 amide bonds. The van der Waals surface area contributed by atoms with E-state index in [2.05, 4.69) is 27.7 Å². The highest BCUT2D eigenvalue weighted by Gasteiger charge is 2.39. The van der Waals surface area contributed by atoms with Crippen LogP contribution in [0.3, 0.4) is 0 Å². The largest absolute Gasteiger partial charge is 0.399 e. The summed E-state index contributed by atoms with van der Waals surface area (Å²) in [7, 11) is 0. The molecule has 2 aliphatic heterocycles. The van der Waals surface area contributed by atoms with Gasteiger partial charge in [0.05, 0.1) is 11.4 Å². The standard InChI is InChI=1S/C42H31N3O4/c1-20(2)24-6-5-7-25(21(3)4)38(24)45-41(48)32-18-14-28-26-12-16-30-36-31(40(47)44(39(30)46)23-10-8-22(43)9-11-23)17-13-27(34(26)36)29-15-19-33(42(45)49)37(32)35(28)29/h5-21H,43H2,1-4H3. The second-order valence-electron chi connectivity index (χ2n) is 13.7. The molecule has 0 fully saturated rings. The topological polar surface area (TPSA) is 101 Å². The fourth-order valence-electron chi connectivity index (χ4n) is 8.10. The predicted octanol–water partition coefficient (Wildman–Crippen LogP) is 9.17. The fraction of sp³-hybridized carbons (Fsp3) is 0.143. The van der Waals surface area contributed by atoms with Crippen molar-refractivity contribution in [1.29, 1.82) is 0 Å². The molecule has 0 aliphatic carbocycles. The molecule has 238 valence electrons. The first-order chi connectivity index (χ1) is 23.6. The number of carbonyl (C=O) groups is 4. The molecule has 7 nitrogen and oxygen atoms in total. The van der Waals surface area contributed by atoms with Gasteiger partial charge in [-0.3, -0.25) is 19.2 Å². The summed E-state index contributed by atoms with van der Waals surface area (Å²) >= 11 is 0. The molecule has 7 heteroatoms. The van der Waals surface area contributed by atoms with E-state index in [4.69, 9.17) is 5.73 Å². The lowest BCUT2D eigenvalue weighted by Gasteiger charge is -2.33. The zero-order chi connectivity index (χ0) is 34.0. The van der Waals surface area contributed by atoms with E-state index in [0.29, 0.717) is 50.1 Å². The van der Waals surface area contributed by atoms with Gasteiger partial charge in [-0.25, -0.2) is 9.80 Å². The van der Waals surface area contributed by atoms with Crippen LogP contribution in [0, 0.1) is 0 Å². The molecule has 7 aromatic carbocycles. The maximum Gasteiger partial charge on any atom is 0.266 e. The number of carbonyl (C=O) groups excluding carboxylic acids is 4. The van der Waals surface area contributed by atoms with Crippen LogP contribution in [0.25, 0.3) is 43.1 Å². The number of nitrogen functional groups attached to an aromatic ring is 1. The molecule has 0 spiro atoms. The van der Waals surface area contributed by atoms with Crippen molar-refractivity contribution in [3.05, 3.63) is 124 Å². The highest BCUT2D eigenvalue weighted by molar-refractivity contribution is 6.45. The molecule has 0 unspecified atom stereocenters. The molecule has 7 aromatic rings. The molecule has 9 rings (SSSR count). The Morgan fingerprint density at radius 3 is 1.18 bits per heavy atom. The molecule has 0 bridgehead atoms. The molecule has 49 heavy (non-hydrogen) atoms. The quantitative estimate of drug-likeness (QED) is 0.0894. The van der Waals surface area contributed by atoms with Crippen LogP contribution in [0.15, 0.2) is 91.0 Å². The molecule has 2 aliphatic rings. The zero-order valence-electron chi connectivity index (χ0n) is 27.4. The van der Waals surface area contributed by atoms with E-state index in [1.54, 1.807) is 36.4 Å². The minimum absolute atomic E-state index is 0.0991. The Kier molecular flexibility index (Phi) is 5.92. The van der Waals surface area contributed by atoms with Crippen LogP contribution in [0.2, 0.25) is 0 Å². The zero-order valence-corrected chi connectivity index (χ0v) is 27.4. The van der Waals surface area contributed by atoms with E-state index in [-0.39, 0.29) is 23.7 Å². The summed E-state index contributed by atoms with van der Waals surface area (Å²) in [5, 5.41) is 6.29. The van der Waals surface area contributed by atoms with Crippen LogP contribution in [0.4, 0.5) is 17.1 Å². The number of rotatable bonds is 4. The molecule has 0 atom stereocenters. The molecule has 0 radical (unpaired) electrons. The van der Waals surface area contributed by atoms with Gasteiger partial charge in [0.2, 0.25) is 0 Å². The summed E-state index contributed by atoms with van der Waals surface area (Å²) in [5.74, 6) is -1.29. The van der Waals surface area contributed by atoms with Crippen molar-refractivity contribution in [1.82, 2.24) is 0 Å². The Hall–Kier alpha value is -6.08. The monoisotopic (exact) mass is 641 g/mol. The number of nitrogens with two attached hydrogens (primary N) is 1. The number of benzene rings is 7. The first-order valence-electron chi connectivity index (χ1n) is 16.5. The van der Waals surface area contributed by atoms with E-state index < -0.39 is 11.8 Å². The number of hydrogen-bond donors (Lipinski definition) is 1. The highest BCUT2D eigenvalue weighted by atomic mass is 16.2. The fourth-order valence-corrected chi connectivity index (χ4v) is 8.10. The second kappa shape index (κ2) is 9.97. The molecule has 0 saturated carbocycles. The number of anilines is 3. The van der Waals surface area contributed by atoms with Crippen molar-refractivity contribution < 1.29 is 19.2 Å². The Balaban J connectivity index is 1.29. The average Bonchev–Trinajstić information content (AvgIpc) is 3.09. The minimum atomic E-state index is -0.402. The van der Waals surface area contributed by atoms with Gasteiger partial charge in [0.25, 0.3) is 23.6 Å². The van der Waals surface area contributed by atoms with Gasteiger partial charge >= 0.3 is 0 Å². The van der Waals surface area contributed by atoms with Crippen LogP contribution in [-0.2, 0) is 0 Å². The number of amides is 4. The van der Waals surface area contributed by atoms with Gasteiger partial charge in [0.15, 0.2) is 0 Å². The van der Waals surface area contributed by atoms with Gasteiger partial charge in [-0.15, -0.1) is 0 Å². The van der Waals surface area contributed by atoms with E-state index in [1.807, 2.05) is 54.6 Å². The van der Waals surface area contributed by atoms with E-state index in [0.717, 1.165) is 43.4 Å². The number of para-hydroxylation sites is 1. The van der Waals surface area contributed by atoms with Crippen molar-refractivity contribution in [2.24, 2.45) is 0 Å². The maximum atomic E-state index is 14.5. The van der Waals surface area contributed by atoms with Crippen LogP contribution >= 0.6 is 0 Å². The third-order valence-electron chi connectivity index (χ3n) is 10.4. The van der Waals surface area contributed by atoms with Gasteiger partial charge in [-0.05, 0) is 104 Å². The molecular weight excluding hydrogens is 610 g/mol. The number of hydrogen-bond acceptors (Lipinski definition) is 5. The highest BCUT2D eigenvalue weighted by Crippen LogP contribution is 2.48. The normalized spacial score (nSPS) is 14.7. The summed E-state index contributed by atoms with van der Waals surface area (Å²) in [6, 6.07) is 27.6. The van der Waals surface area contributed by atoms with Crippen molar-refractivity contribution >= 4 is 83.8 Å². The molecular formula is C42H31N3O4. The van der Waals surface area contributed by atoms with Gasteiger partial charge in [-0.1, -0.05) is 70.2 Å². The lowest BCUT2D eigenvalue weighted by Crippen LogP contribution is -2.41. The third-order valence-corrected chi connectivity index (χ3v) is 10.4. The van der Waals surface area contributed by atoms with Gasteiger partial charge < -0.3 is 5.73 Å². The smallest absolute Gasteiger partial charge is 0.266 e. The van der Waals surface area contributed by atoms with E-state index >= 15 is 0 Å². The Bertz CT molecular complexity index is 2510. The Morgan fingerprint density at radius 1 is 0.449 bits per heavy atom. The first-order valence-corrected chi connectivity index (χ1v) is 16.5. The summed E-state index contributed by atoms with van der Waals surface area (Å²) in [4.78, 5) is 59.5. The number of nitrogens with zero attached hydrogens (tertiary/aromatic N) is 2. The Morgan fingerprint density at radius 2 is 0.816 bits per heavy atom. The van der Waals surface area contributed by atoms with Crippen LogP contribution in [0.1, 0.15) is 92.1 Å². The SMILES string of the molecule is CC(C)c1cccc(C(C)C)c1N1C(=O)c2ccc3c4ccc5c6c(ccc(c7ccc(c2c37)C1=O)c64)C(=O)N(c1ccc(N)cc1)C5=O. The average molecular weight is 642 g/mol. The van der Waals surface area contributed by atoms with Crippen molar-refractivity contribution in [3.63, 3.8) is 0 Å². The lowest BCUT2D eigenvalue weighted by atomic mass is 9.82. The van der Waals surface area contributed by atoms with E-state index in [9.17, 15) is 19.2 Å². The molecule has 0 aromatic heterocycles. The second-order valence-corrected chi connectivity index (χ2v) is 13.7. The summed E-state index contributed by atoms with van der Waals surface area (Å²) in [6.45, 7) is 8.30. The van der Waals surface area contributed by atoms with Crippen LogP contribution in [-0.4, -0.2) is 23.6 Å². The van der Waals surface area contributed by atoms with Crippen molar-refractivity contribution in [2.75, 3.05) is 15.5 Å². The van der Waals surface area contributed by atoms with Crippen LogP contribution < -0.4 is 15.5 Å². The van der Waals surface area contributed by atoms with Gasteiger partial charge in [-0.2, -0.15) is 0 Å². The summed E-state index contributed by atoms with van der Waals surface area (Å²) < 4.78 is 0. The minimum Gasteiger partial charge on any atom is -0.399 e. The summed E-state index contributed by atoms with van der Waals surface area (Å²) in [5.41, 5.74) is 11.3. The Labute approximate surface area is 281 Å². The van der Waals surface area contributed by atoms with Gasteiger partial charge in [0.1, 0.15) is 0 Å². The predicted molar refractivity (Wildman–Crippen MR) is 195 cm³/mol. The third kappa shape index (κ3) is 3.72. The van der Waals surface area contributed by atoms with Gasteiger partial charge in [0, 0.05) is 38.7 Å². The molecule has 2 N–H and O–H groups in total. The maximum absolute atomic E-state index is 14.5. The summed E-state index contributed by atoms with van der Waals surface area (Å²) in [6.07, 6.45) is 0. The molecule has 2 heterocycles. The van der Waals surface area contributed by atoms with E-state index in [1.165, 1.54) is 9.80 Å².